The number of nitriles is 1. The van der Waals surface area contributed by atoms with E-state index in [0.29, 0.717) is 16.3 Å². The summed E-state index contributed by atoms with van der Waals surface area (Å²) < 4.78 is 5.08. The summed E-state index contributed by atoms with van der Waals surface area (Å²) in [5.74, 6) is 0. The Hall–Kier alpha value is -1.73. The van der Waals surface area contributed by atoms with Crippen LogP contribution in [0.1, 0.15) is 26.3 Å². The Bertz CT molecular complexity index is 472. The molecule has 0 unspecified atom stereocenters. The predicted molar refractivity (Wildman–Crippen MR) is 66.0 cm³/mol. The van der Waals surface area contributed by atoms with E-state index in [1.54, 1.807) is 32.9 Å². The molecule has 0 heterocycles. The van der Waals surface area contributed by atoms with Crippen molar-refractivity contribution in [1.82, 2.24) is 0 Å². The Morgan fingerprint density at radius 1 is 1.47 bits per heavy atom. The standard InChI is InChI=1S/C12H13ClN2O2/c1-12(2,3)17-11(16)15-9-4-5-10(13)8(6-9)7-14/h4-6H,1-3H3,(H,15,16). The van der Waals surface area contributed by atoms with Gasteiger partial charge in [-0.25, -0.2) is 4.79 Å². The van der Waals surface area contributed by atoms with Crippen molar-refractivity contribution in [2.24, 2.45) is 0 Å². The van der Waals surface area contributed by atoms with E-state index >= 15 is 0 Å². The third-order valence-electron chi connectivity index (χ3n) is 1.73. The van der Waals surface area contributed by atoms with Crippen LogP contribution in [0.3, 0.4) is 0 Å². The van der Waals surface area contributed by atoms with Crippen molar-refractivity contribution in [3.63, 3.8) is 0 Å². The molecule has 0 spiro atoms. The van der Waals surface area contributed by atoms with E-state index in [9.17, 15) is 4.79 Å². The Kier molecular flexibility index (Phi) is 3.97. The molecule has 0 aromatic heterocycles. The second-order valence-corrected chi connectivity index (χ2v) is 4.84. The molecule has 1 amide bonds. The van der Waals surface area contributed by atoms with E-state index in [1.807, 2.05) is 6.07 Å². The molecule has 17 heavy (non-hydrogen) atoms. The maximum atomic E-state index is 11.5. The minimum Gasteiger partial charge on any atom is -0.444 e. The van der Waals surface area contributed by atoms with Crippen molar-refractivity contribution in [2.75, 3.05) is 5.32 Å². The molecule has 0 radical (unpaired) electrons. The number of nitrogens with one attached hydrogen (secondary N) is 1. The first-order chi connectivity index (χ1) is 7.81. The van der Waals surface area contributed by atoms with E-state index in [-0.39, 0.29) is 0 Å². The average molecular weight is 253 g/mol. The third kappa shape index (κ3) is 4.33. The highest BCUT2D eigenvalue weighted by Gasteiger charge is 2.16. The van der Waals surface area contributed by atoms with Crippen LogP contribution in [0.25, 0.3) is 0 Å². The number of nitrogens with zero attached hydrogens (tertiary/aromatic N) is 1. The second-order valence-electron chi connectivity index (χ2n) is 4.43. The molecule has 90 valence electrons. The van der Waals surface area contributed by atoms with Gasteiger partial charge in [0, 0.05) is 5.69 Å². The molecule has 4 nitrogen and oxygen atoms in total. The summed E-state index contributed by atoms with van der Waals surface area (Å²) in [7, 11) is 0. The summed E-state index contributed by atoms with van der Waals surface area (Å²) in [5.41, 5.74) is 0.217. The van der Waals surface area contributed by atoms with E-state index in [0.717, 1.165) is 0 Å². The molecule has 0 atom stereocenters. The lowest BCUT2D eigenvalue weighted by Gasteiger charge is -2.19. The monoisotopic (exact) mass is 252 g/mol. The highest BCUT2D eigenvalue weighted by molar-refractivity contribution is 6.31. The topological polar surface area (TPSA) is 62.1 Å². The molecular weight excluding hydrogens is 240 g/mol. The van der Waals surface area contributed by atoms with E-state index < -0.39 is 11.7 Å². The second kappa shape index (κ2) is 5.07. The summed E-state index contributed by atoms with van der Waals surface area (Å²) in [6.45, 7) is 5.32. The normalized spacial score (nSPS) is 10.5. The minimum atomic E-state index is -0.566. The van der Waals surface area contributed by atoms with Gasteiger partial charge in [-0.15, -0.1) is 0 Å². The van der Waals surface area contributed by atoms with Crippen LogP contribution in [0.15, 0.2) is 18.2 Å². The van der Waals surface area contributed by atoms with E-state index in [2.05, 4.69) is 5.32 Å². The molecule has 0 aliphatic carbocycles. The molecule has 0 aliphatic rings. The molecular formula is C12H13ClN2O2. The van der Waals surface area contributed by atoms with Gasteiger partial charge in [0.05, 0.1) is 10.6 Å². The van der Waals surface area contributed by atoms with Gasteiger partial charge in [0.25, 0.3) is 0 Å². The smallest absolute Gasteiger partial charge is 0.412 e. The molecule has 0 fully saturated rings. The Morgan fingerprint density at radius 3 is 2.65 bits per heavy atom. The third-order valence-corrected chi connectivity index (χ3v) is 2.06. The SMILES string of the molecule is CC(C)(C)OC(=O)Nc1ccc(Cl)c(C#N)c1. The number of benzene rings is 1. The van der Waals surface area contributed by atoms with Crippen LogP contribution in [-0.4, -0.2) is 11.7 Å². The van der Waals surface area contributed by atoms with Crippen molar-refractivity contribution in [3.8, 4) is 6.07 Å². The van der Waals surface area contributed by atoms with Crippen molar-refractivity contribution in [1.29, 1.82) is 5.26 Å². The molecule has 0 bridgehead atoms. The van der Waals surface area contributed by atoms with Gasteiger partial charge in [0.2, 0.25) is 0 Å². The van der Waals surface area contributed by atoms with Gasteiger partial charge < -0.3 is 4.74 Å². The fourth-order valence-corrected chi connectivity index (χ4v) is 1.27. The Morgan fingerprint density at radius 2 is 2.12 bits per heavy atom. The van der Waals surface area contributed by atoms with Gasteiger partial charge in [-0.3, -0.25) is 5.32 Å². The van der Waals surface area contributed by atoms with Gasteiger partial charge in [-0.2, -0.15) is 5.26 Å². The van der Waals surface area contributed by atoms with Crippen LogP contribution in [-0.2, 0) is 4.74 Å². The fraction of sp³-hybridized carbons (Fsp3) is 0.333. The quantitative estimate of drug-likeness (QED) is 0.831. The molecule has 1 N–H and O–H groups in total. The molecule has 0 saturated carbocycles. The highest BCUT2D eigenvalue weighted by atomic mass is 35.5. The zero-order valence-corrected chi connectivity index (χ0v) is 10.6. The van der Waals surface area contributed by atoms with Crippen molar-refractivity contribution in [3.05, 3.63) is 28.8 Å². The van der Waals surface area contributed by atoms with E-state index in [4.69, 9.17) is 21.6 Å². The number of carbonyl (C=O) groups is 1. The van der Waals surface area contributed by atoms with Crippen LogP contribution in [0, 0.1) is 11.3 Å². The average Bonchev–Trinajstić information content (AvgIpc) is 2.18. The molecule has 1 aromatic carbocycles. The number of hydrogen-bond donors (Lipinski definition) is 1. The van der Waals surface area contributed by atoms with Crippen molar-refractivity contribution < 1.29 is 9.53 Å². The van der Waals surface area contributed by atoms with Crippen LogP contribution in [0.5, 0.6) is 0 Å². The summed E-state index contributed by atoms with van der Waals surface area (Å²) in [6, 6.07) is 6.58. The summed E-state index contributed by atoms with van der Waals surface area (Å²) in [4.78, 5) is 11.5. The van der Waals surface area contributed by atoms with Crippen LogP contribution < -0.4 is 5.32 Å². The van der Waals surface area contributed by atoms with Crippen LogP contribution in [0.4, 0.5) is 10.5 Å². The Labute approximate surface area is 105 Å². The van der Waals surface area contributed by atoms with Gasteiger partial charge in [-0.05, 0) is 39.0 Å². The summed E-state index contributed by atoms with van der Waals surface area (Å²) in [5, 5.41) is 11.7. The van der Waals surface area contributed by atoms with Gasteiger partial charge in [0.15, 0.2) is 0 Å². The minimum absolute atomic E-state index is 0.306. The van der Waals surface area contributed by atoms with Crippen molar-refractivity contribution in [2.45, 2.75) is 26.4 Å². The number of ether oxygens (including phenoxy) is 1. The number of hydrogen-bond acceptors (Lipinski definition) is 3. The highest BCUT2D eigenvalue weighted by Crippen LogP contribution is 2.20. The van der Waals surface area contributed by atoms with Gasteiger partial charge >= 0.3 is 6.09 Å². The number of carbonyl (C=O) groups excluding carboxylic acids is 1. The fourth-order valence-electron chi connectivity index (χ4n) is 1.11. The largest absolute Gasteiger partial charge is 0.444 e. The van der Waals surface area contributed by atoms with E-state index in [1.165, 1.54) is 6.07 Å². The summed E-state index contributed by atoms with van der Waals surface area (Å²) >= 11 is 5.77. The first-order valence-corrected chi connectivity index (χ1v) is 5.39. The van der Waals surface area contributed by atoms with Crippen molar-refractivity contribution >= 4 is 23.4 Å². The predicted octanol–water partition coefficient (Wildman–Crippen LogP) is 3.56. The number of anilines is 1. The molecule has 1 aromatic rings. The molecule has 1 rings (SSSR count). The lowest BCUT2D eigenvalue weighted by atomic mass is 10.2. The summed E-state index contributed by atoms with van der Waals surface area (Å²) in [6.07, 6.45) is -0.566. The Balaban J connectivity index is 2.77. The number of halogens is 1. The maximum Gasteiger partial charge on any atom is 0.412 e. The molecule has 5 heteroatoms. The molecule has 0 saturated heterocycles. The first kappa shape index (κ1) is 13.3. The first-order valence-electron chi connectivity index (χ1n) is 5.01. The lowest BCUT2D eigenvalue weighted by Crippen LogP contribution is -2.27. The zero-order valence-electron chi connectivity index (χ0n) is 9.87. The van der Waals surface area contributed by atoms with Gasteiger partial charge in [-0.1, -0.05) is 11.6 Å². The number of rotatable bonds is 1. The lowest BCUT2D eigenvalue weighted by molar-refractivity contribution is 0.0636. The van der Waals surface area contributed by atoms with Gasteiger partial charge in [0.1, 0.15) is 11.7 Å². The zero-order chi connectivity index (χ0) is 13.1. The molecule has 0 aliphatic heterocycles. The van der Waals surface area contributed by atoms with Crippen LogP contribution >= 0.6 is 11.6 Å². The number of amides is 1. The maximum absolute atomic E-state index is 11.5. The van der Waals surface area contributed by atoms with Crippen LogP contribution in [0.2, 0.25) is 5.02 Å².